The minimum Gasteiger partial charge on any atom is -0.459 e. The first kappa shape index (κ1) is 14.5. The predicted molar refractivity (Wildman–Crippen MR) is 88.7 cm³/mol. The van der Waals surface area contributed by atoms with Gasteiger partial charge in [0.15, 0.2) is 5.54 Å². The highest BCUT2D eigenvalue weighted by Gasteiger charge is 2.49. The highest BCUT2D eigenvalue weighted by molar-refractivity contribution is 5.95. The maximum atomic E-state index is 12.9. The monoisotopic (exact) mass is 317 g/mol. The van der Waals surface area contributed by atoms with Crippen LogP contribution in [0.5, 0.6) is 0 Å². The minimum absolute atomic E-state index is 0.170. The zero-order valence-electron chi connectivity index (χ0n) is 12.8. The summed E-state index contributed by atoms with van der Waals surface area (Å²) in [5, 5.41) is 0. The molecule has 0 bridgehead atoms. The highest BCUT2D eigenvalue weighted by Crippen LogP contribution is 2.44. The van der Waals surface area contributed by atoms with Crippen molar-refractivity contribution in [2.24, 2.45) is 5.73 Å². The lowest BCUT2D eigenvalue weighted by Gasteiger charge is -2.24. The van der Waals surface area contributed by atoms with Crippen molar-refractivity contribution < 1.29 is 9.53 Å². The van der Waals surface area contributed by atoms with Gasteiger partial charge in [-0.2, -0.15) is 0 Å². The third kappa shape index (κ3) is 2.10. The Morgan fingerprint density at radius 1 is 0.917 bits per heavy atom. The molecule has 118 valence electrons. The summed E-state index contributed by atoms with van der Waals surface area (Å²) in [6, 6.07) is 16.6. The summed E-state index contributed by atoms with van der Waals surface area (Å²) in [5.74, 6) is -0.507. The fourth-order valence-electron chi connectivity index (χ4n) is 3.03. The van der Waals surface area contributed by atoms with Crippen molar-refractivity contribution in [1.29, 1.82) is 0 Å². The van der Waals surface area contributed by atoms with Crippen LogP contribution in [0.25, 0.3) is 11.4 Å². The Bertz CT molecular complexity index is 864. The molecule has 3 aromatic rings. The van der Waals surface area contributed by atoms with E-state index in [0.717, 1.165) is 5.56 Å². The molecule has 0 amide bonds. The topological polar surface area (TPSA) is 78.1 Å². The van der Waals surface area contributed by atoms with E-state index in [9.17, 15) is 4.79 Å². The van der Waals surface area contributed by atoms with E-state index in [1.807, 2.05) is 30.3 Å². The van der Waals surface area contributed by atoms with Gasteiger partial charge in [-0.15, -0.1) is 0 Å². The molecule has 0 spiro atoms. The molecule has 0 atom stereocenters. The number of nitrogens with zero attached hydrogens (tertiary/aromatic N) is 2. The normalized spacial score (nSPS) is 13.9. The second-order valence-corrected chi connectivity index (χ2v) is 5.67. The summed E-state index contributed by atoms with van der Waals surface area (Å²) >= 11 is 0. The van der Waals surface area contributed by atoms with E-state index < -0.39 is 11.5 Å². The Kier molecular flexibility index (Phi) is 3.36. The predicted octanol–water partition coefficient (Wildman–Crippen LogP) is 2.40. The van der Waals surface area contributed by atoms with Gasteiger partial charge in [-0.3, -0.25) is 9.97 Å². The molecule has 0 fully saturated rings. The molecule has 5 nitrogen and oxygen atoms in total. The first-order valence-corrected chi connectivity index (χ1v) is 7.62. The van der Waals surface area contributed by atoms with Gasteiger partial charge in [0.05, 0.1) is 11.4 Å². The van der Waals surface area contributed by atoms with Gasteiger partial charge in [0.2, 0.25) is 0 Å². The maximum absolute atomic E-state index is 12.9. The maximum Gasteiger partial charge on any atom is 0.336 e. The molecule has 4 rings (SSSR count). The summed E-state index contributed by atoms with van der Waals surface area (Å²) in [7, 11) is 0. The van der Waals surface area contributed by atoms with E-state index >= 15 is 0 Å². The standard InChI is InChI=1S/C19H15N3O2/c20-19(18(23)24-12-13-6-2-1-3-7-13)14-8-4-10-21-16(14)17-15(19)9-5-11-22-17/h1-11H,12,20H2. The largest absolute Gasteiger partial charge is 0.459 e. The molecule has 1 aromatic carbocycles. The Morgan fingerprint density at radius 3 is 2.08 bits per heavy atom. The van der Waals surface area contributed by atoms with Crippen molar-refractivity contribution in [3.63, 3.8) is 0 Å². The van der Waals surface area contributed by atoms with Gasteiger partial charge in [0, 0.05) is 23.5 Å². The number of ether oxygens (including phenoxy) is 1. The molecule has 0 radical (unpaired) electrons. The average Bonchev–Trinajstić information content (AvgIpc) is 2.92. The molecule has 5 heteroatoms. The number of hydrogen-bond acceptors (Lipinski definition) is 5. The van der Waals surface area contributed by atoms with Crippen molar-refractivity contribution in [2.45, 2.75) is 12.1 Å². The fraction of sp³-hybridized carbons (Fsp3) is 0.105. The number of pyridine rings is 2. The lowest BCUT2D eigenvalue weighted by molar-refractivity contribution is -0.150. The van der Waals surface area contributed by atoms with Crippen LogP contribution in [0, 0.1) is 0 Å². The van der Waals surface area contributed by atoms with Crippen LogP contribution in [-0.4, -0.2) is 15.9 Å². The second kappa shape index (κ2) is 5.54. The number of benzene rings is 1. The van der Waals surface area contributed by atoms with E-state index in [1.54, 1.807) is 36.7 Å². The zero-order valence-corrected chi connectivity index (χ0v) is 12.8. The van der Waals surface area contributed by atoms with E-state index in [0.29, 0.717) is 22.5 Å². The first-order valence-electron chi connectivity index (χ1n) is 7.62. The third-order valence-electron chi connectivity index (χ3n) is 4.22. The zero-order chi connectivity index (χ0) is 16.6. The summed E-state index contributed by atoms with van der Waals surface area (Å²) in [4.78, 5) is 21.6. The molecular weight excluding hydrogens is 302 g/mol. The van der Waals surface area contributed by atoms with Crippen LogP contribution in [0.15, 0.2) is 67.0 Å². The number of aromatic nitrogens is 2. The van der Waals surface area contributed by atoms with Crippen LogP contribution in [0.3, 0.4) is 0 Å². The van der Waals surface area contributed by atoms with E-state index in [-0.39, 0.29) is 6.61 Å². The van der Waals surface area contributed by atoms with Crippen LogP contribution in [0.1, 0.15) is 16.7 Å². The molecule has 2 heterocycles. The first-order chi connectivity index (χ1) is 11.7. The Hall–Kier alpha value is -3.05. The number of carbonyl (C=O) groups excluding carboxylic acids is 1. The molecule has 0 saturated carbocycles. The summed E-state index contributed by atoms with van der Waals surface area (Å²) in [6.07, 6.45) is 3.33. The Balaban J connectivity index is 1.72. The molecular formula is C19H15N3O2. The van der Waals surface area contributed by atoms with Crippen molar-refractivity contribution in [3.05, 3.63) is 83.7 Å². The third-order valence-corrected chi connectivity index (χ3v) is 4.22. The van der Waals surface area contributed by atoms with Crippen LogP contribution in [0.4, 0.5) is 0 Å². The molecule has 0 saturated heterocycles. The summed E-state index contributed by atoms with van der Waals surface area (Å²) in [5.41, 5.74) is 8.56. The Labute approximate surface area is 139 Å². The van der Waals surface area contributed by atoms with E-state index in [2.05, 4.69) is 9.97 Å². The molecule has 24 heavy (non-hydrogen) atoms. The SMILES string of the molecule is NC1(C(=O)OCc2ccccc2)c2cccnc2-c2ncccc21. The van der Waals surface area contributed by atoms with E-state index in [1.165, 1.54) is 0 Å². The van der Waals surface area contributed by atoms with Gasteiger partial charge < -0.3 is 10.5 Å². The minimum atomic E-state index is -1.39. The lowest BCUT2D eigenvalue weighted by Crippen LogP contribution is -2.45. The van der Waals surface area contributed by atoms with Crippen molar-refractivity contribution in [3.8, 4) is 11.4 Å². The number of hydrogen-bond donors (Lipinski definition) is 1. The molecule has 1 aliphatic rings. The van der Waals surface area contributed by atoms with Crippen LogP contribution in [-0.2, 0) is 21.7 Å². The molecule has 0 unspecified atom stereocenters. The summed E-state index contributed by atoms with van der Waals surface area (Å²) < 4.78 is 5.51. The number of nitrogens with two attached hydrogens (primary N) is 1. The Morgan fingerprint density at radius 2 is 1.50 bits per heavy atom. The summed E-state index contributed by atoms with van der Waals surface area (Å²) in [6.45, 7) is 0.170. The lowest BCUT2D eigenvalue weighted by atomic mass is 9.89. The van der Waals surface area contributed by atoms with Gasteiger partial charge in [-0.1, -0.05) is 42.5 Å². The highest BCUT2D eigenvalue weighted by atomic mass is 16.5. The van der Waals surface area contributed by atoms with Gasteiger partial charge >= 0.3 is 5.97 Å². The number of carbonyl (C=O) groups is 1. The number of fused-ring (bicyclic) bond motifs is 3. The fourth-order valence-corrected chi connectivity index (χ4v) is 3.03. The second-order valence-electron chi connectivity index (χ2n) is 5.67. The van der Waals surface area contributed by atoms with Gasteiger partial charge in [-0.05, 0) is 17.7 Å². The molecule has 2 N–H and O–H groups in total. The van der Waals surface area contributed by atoms with Crippen molar-refractivity contribution >= 4 is 5.97 Å². The van der Waals surface area contributed by atoms with Crippen LogP contribution < -0.4 is 5.73 Å². The quantitative estimate of drug-likeness (QED) is 0.751. The van der Waals surface area contributed by atoms with Crippen LogP contribution in [0.2, 0.25) is 0 Å². The van der Waals surface area contributed by atoms with Crippen molar-refractivity contribution in [2.75, 3.05) is 0 Å². The number of esters is 1. The molecule has 1 aliphatic carbocycles. The number of rotatable bonds is 3. The van der Waals surface area contributed by atoms with E-state index in [4.69, 9.17) is 10.5 Å². The molecule has 2 aromatic heterocycles. The smallest absolute Gasteiger partial charge is 0.336 e. The van der Waals surface area contributed by atoms with Crippen LogP contribution >= 0.6 is 0 Å². The van der Waals surface area contributed by atoms with Gasteiger partial charge in [-0.25, -0.2) is 4.79 Å². The average molecular weight is 317 g/mol. The van der Waals surface area contributed by atoms with Gasteiger partial charge in [0.1, 0.15) is 6.61 Å². The van der Waals surface area contributed by atoms with Crippen molar-refractivity contribution in [1.82, 2.24) is 9.97 Å². The van der Waals surface area contributed by atoms with Gasteiger partial charge in [0.25, 0.3) is 0 Å². The molecule has 0 aliphatic heterocycles.